The zero-order chi connectivity index (χ0) is 13.8. The number of piperidine rings is 1. The van der Waals surface area contributed by atoms with Gasteiger partial charge in [-0.1, -0.05) is 12.1 Å². The van der Waals surface area contributed by atoms with Crippen LogP contribution >= 0.6 is 22.6 Å². The van der Waals surface area contributed by atoms with Gasteiger partial charge in [-0.25, -0.2) is 0 Å². The van der Waals surface area contributed by atoms with Crippen molar-refractivity contribution in [3.05, 3.63) is 33.4 Å². The molecule has 0 radical (unpaired) electrons. The molecular formula is C14H17IN2O2. The van der Waals surface area contributed by atoms with E-state index in [0.717, 1.165) is 35.1 Å². The molecule has 0 saturated carbocycles. The average Bonchev–Trinajstić information content (AvgIpc) is 2.40. The topological polar surface area (TPSA) is 63.4 Å². The summed E-state index contributed by atoms with van der Waals surface area (Å²) in [7, 11) is 0. The van der Waals surface area contributed by atoms with Crippen molar-refractivity contribution >= 4 is 34.3 Å². The predicted molar refractivity (Wildman–Crippen MR) is 81.8 cm³/mol. The summed E-state index contributed by atoms with van der Waals surface area (Å²) < 4.78 is 1.12. The van der Waals surface area contributed by atoms with Crippen LogP contribution in [0.3, 0.4) is 0 Å². The molecule has 0 unspecified atom stereocenters. The first-order chi connectivity index (χ1) is 9.06. The Hall–Kier alpha value is -0.950. The summed E-state index contributed by atoms with van der Waals surface area (Å²) in [6, 6.07) is 7.60. The summed E-state index contributed by atoms with van der Waals surface area (Å²) in [6.07, 6.45) is 1.52. The van der Waals surface area contributed by atoms with Crippen LogP contribution in [-0.2, 0) is 4.79 Å². The number of Topliss-reactive ketones (excluding diaryl/α,β-unsaturated/α-hetero) is 1. The Labute approximate surface area is 126 Å². The lowest BCUT2D eigenvalue weighted by Gasteiger charge is -2.29. The van der Waals surface area contributed by atoms with Gasteiger partial charge in [-0.3, -0.25) is 14.5 Å². The number of hydrogen-bond donors (Lipinski definition) is 1. The Kier molecular flexibility index (Phi) is 4.93. The summed E-state index contributed by atoms with van der Waals surface area (Å²) in [4.78, 5) is 25.3. The van der Waals surface area contributed by atoms with E-state index < -0.39 is 0 Å². The van der Waals surface area contributed by atoms with Gasteiger partial charge in [0.05, 0.1) is 6.54 Å². The Morgan fingerprint density at radius 3 is 2.32 bits per heavy atom. The first kappa shape index (κ1) is 14.5. The van der Waals surface area contributed by atoms with Gasteiger partial charge in [0.15, 0.2) is 5.78 Å². The maximum Gasteiger partial charge on any atom is 0.220 e. The zero-order valence-corrected chi connectivity index (χ0v) is 12.8. The van der Waals surface area contributed by atoms with Crippen LogP contribution < -0.4 is 5.73 Å². The van der Waals surface area contributed by atoms with Crippen LogP contribution in [0.4, 0.5) is 0 Å². The van der Waals surface area contributed by atoms with E-state index in [2.05, 4.69) is 27.5 Å². The fourth-order valence-electron chi connectivity index (χ4n) is 2.31. The van der Waals surface area contributed by atoms with Gasteiger partial charge in [-0.15, -0.1) is 0 Å². The van der Waals surface area contributed by atoms with E-state index in [1.54, 1.807) is 0 Å². The summed E-state index contributed by atoms with van der Waals surface area (Å²) in [5.41, 5.74) is 6.04. The number of ketones is 1. The molecule has 1 fully saturated rings. The molecular weight excluding hydrogens is 355 g/mol. The van der Waals surface area contributed by atoms with Crippen molar-refractivity contribution < 1.29 is 9.59 Å². The Bertz CT molecular complexity index is 465. The van der Waals surface area contributed by atoms with Crippen LogP contribution in [0.1, 0.15) is 23.2 Å². The Morgan fingerprint density at radius 2 is 1.79 bits per heavy atom. The monoisotopic (exact) mass is 372 g/mol. The first-order valence-electron chi connectivity index (χ1n) is 6.36. The molecule has 1 aromatic carbocycles. The van der Waals surface area contributed by atoms with Crippen LogP contribution in [0.25, 0.3) is 0 Å². The van der Waals surface area contributed by atoms with Gasteiger partial charge < -0.3 is 5.73 Å². The van der Waals surface area contributed by atoms with E-state index in [0.29, 0.717) is 6.54 Å². The summed E-state index contributed by atoms with van der Waals surface area (Å²) >= 11 is 2.22. The van der Waals surface area contributed by atoms with E-state index in [1.807, 2.05) is 24.3 Å². The number of likely N-dealkylation sites (tertiary alicyclic amines) is 1. The lowest BCUT2D eigenvalue weighted by Crippen LogP contribution is -2.40. The molecule has 0 bridgehead atoms. The second kappa shape index (κ2) is 6.47. The fraction of sp³-hybridized carbons (Fsp3) is 0.429. The first-order valence-corrected chi connectivity index (χ1v) is 7.44. The number of halogens is 1. The number of primary amides is 1. The number of nitrogens with two attached hydrogens (primary N) is 1. The van der Waals surface area contributed by atoms with Gasteiger partial charge in [0, 0.05) is 15.1 Å². The van der Waals surface area contributed by atoms with Crippen LogP contribution in [-0.4, -0.2) is 36.2 Å². The molecule has 102 valence electrons. The molecule has 1 amide bonds. The summed E-state index contributed by atoms with van der Waals surface area (Å²) in [6.45, 7) is 1.96. The highest BCUT2D eigenvalue weighted by atomic mass is 127. The minimum absolute atomic E-state index is 0.0235. The maximum atomic E-state index is 12.1. The van der Waals surface area contributed by atoms with Crippen LogP contribution in [0.2, 0.25) is 0 Å². The van der Waals surface area contributed by atoms with Crippen LogP contribution in [0.5, 0.6) is 0 Å². The summed E-state index contributed by atoms with van der Waals surface area (Å²) in [5.74, 6) is -0.109. The number of carbonyl (C=O) groups is 2. The molecule has 4 nitrogen and oxygen atoms in total. The SMILES string of the molecule is NC(=O)C1CCN(CC(=O)c2ccc(I)cc2)CC1. The molecule has 0 spiro atoms. The van der Waals surface area contributed by atoms with Crippen molar-refractivity contribution in [2.75, 3.05) is 19.6 Å². The fourth-order valence-corrected chi connectivity index (χ4v) is 2.67. The highest BCUT2D eigenvalue weighted by molar-refractivity contribution is 14.1. The van der Waals surface area contributed by atoms with Gasteiger partial charge in [-0.05, 0) is 60.7 Å². The smallest absolute Gasteiger partial charge is 0.220 e. The van der Waals surface area contributed by atoms with Gasteiger partial charge in [0.25, 0.3) is 0 Å². The number of amides is 1. The number of rotatable bonds is 4. The number of carbonyl (C=O) groups excluding carboxylic acids is 2. The van der Waals surface area contributed by atoms with Crippen LogP contribution in [0, 0.1) is 9.49 Å². The van der Waals surface area contributed by atoms with Gasteiger partial charge in [0.2, 0.25) is 5.91 Å². The van der Waals surface area contributed by atoms with E-state index >= 15 is 0 Å². The highest BCUT2D eigenvalue weighted by Crippen LogP contribution is 2.17. The predicted octanol–water partition coefficient (Wildman–Crippen LogP) is 1.67. The van der Waals surface area contributed by atoms with E-state index in [1.165, 1.54) is 0 Å². The number of hydrogen-bond acceptors (Lipinski definition) is 3. The quantitative estimate of drug-likeness (QED) is 0.646. The van der Waals surface area contributed by atoms with Crippen molar-refractivity contribution in [1.29, 1.82) is 0 Å². The molecule has 1 aliphatic heterocycles. The lowest BCUT2D eigenvalue weighted by atomic mass is 9.96. The lowest BCUT2D eigenvalue weighted by molar-refractivity contribution is -0.123. The largest absolute Gasteiger partial charge is 0.369 e. The average molecular weight is 372 g/mol. The number of nitrogens with zero attached hydrogens (tertiary/aromatic N) is 1. The van der Waals surface area contributed by atoms with Crippen molar-refractivity contribution in [1.82, 2.24) is 4.90 Å². The van der Waals surface area contributed by atoms with Crippen molar-refractivity contribution in [3.63, 3.8) is 0 Å². The van der Waals surface area contributed by atoms with Crippen molar-refractivity contribution in [2.24, 2.45) is 11.7 Å². The molecule has 1 aromatic rings. The Morgan fingerprint density at radius 1 is 1.21 bits per heavy atom. The molecule has 0 aromatic heterocycles. The molecule has 0 aliphatic carbocycles. The zero-order valence-electron chi connectivity index (χ0n) is 10.6. The maximum absolute atomic E-state index is 12.1. The molecule has 19 heavy (non-hydrogen) atoms. The van der Waals surface area contributed by atoms with Gasteiger partial charge in [-0.2, -0.15) is 0 Å². The van der Waals surface area contributed by atoms with Crippen molar-refractivity contribution in [3.8, 4) is 0 Å². The van der Waals surface area contributed by atoms with Gasteiger partial charge in [0.1, 0.15) is 0 Å². The Balaban J connectivity index is 1.87. The molecule has 1 saturated heterocycles. The van der Waals surface area contributed by atoms with Gasteiger partial charge >= 0.3 is 0 Å². The van der Waals surface area contributed by atoms with E-state index in [9.17, 15) is 9.59 Å². The third-order valence-corrected chi connectivity index (χ3v) is 4.24. The third kappa shape index (κ3) is 4.01. The second-order valence-electron chi connectivity index (χ2n) is 4.88. The molecule has 5 heteroatoms. The van der Waals surface area contributed by atoms with E-state index in [4.69, 9.17) is 5.73 Å². The standard InChI is InChI=1S/C14H17IN2O2/c15-12-3-1-10(2-4-12)13(18)9-17-7-5-11(6-8-17)14(16)19/h1-4,11H,5-9H2,(H2,16,19). The molecule has 1 aliphatic rings. The molecule has 2 N–H and O–H groups in total. The molecule has 1 heterocycles. The minimum Gasteiger partial charge on any atom is -0.369 e. The van der Waals surface area contributed by atoms with E-state index in [-0.39, 0.29) is 17.6 Å². The normalized spacial score (nSPS) is 17.3. The molecule has 2 rings (SSSR count). The summed E-state index contributed by atoms with van der Waals surface area (Å²) in [5, 5.41) is 0. The number of benzene rings is 1. The van der Waals surface area contributed by atoms with Crippen LogP contribution in [0.15, 0.2) is 24.3 Å². The highest BCUT2D eigenvalue weighted by Gasteiger charge is 2.24. The third-order valence-electron chi connectivity index (χ3n) is 3.52. The second-order valence-corrected chi connectivity index (χ2v) is 6.13. The minimum atomic E-state index is -0.219. The molecule has 0 atom stereocenters. The van der Waals surface area contributed by atoms with Crippen molar-refractivity contribution in [2.45, 2.75) is 12.8 Å².